The predicted molar refractivity (Wildman–Crippen MR) is 64.2 cm³/mol. The topological polar surface area (TPSA) is 89.3 Å². The average molecular weight is 224 g/mol. The third kappa shape index (κ3) is 5.53. The summed E-state index contributed by atoms with van der Waals surface area (Å²) in [6, 6.07) is 6.75. The smallest absolute Gasteiger partial charge is 0.338 e. The molecule has 88 valence electrons. The fraction of sp³-hybridized carbons (Fsp3) is 0.364. The number of ether oxygens (including phenoxy) is 1. The van der Waals surface area contributed by atoms with Crippen LogP contribution in [-0.2, 0) is 4.74 Å². The van der Waals surface area contributed by atoms with E-state index in [0.29, 0.717) is 11.0 Å². The summed E-state index contributed by atoms with van der Waals surface area (Å²) in [7, 11) is 5.55. The monoisotopic (exact) mass is 224 g/mol. The molecule has 0 aliphatic carbocycles. The Hall–Kier alpha value is -1.33. The minimum Gasteiger partial charge on any atom is -0.456 e. The first kappa shape index (κ1) is 17.1. The Labute approximate surface area is 96.6 Å². The molecule has 0 atom stereocenters. The molecule has 0 amide bonds. The van der Waals surface area contributed by atoms with Crippen molar-refractivity contribution >= 4 is 19.3 Å². The fourth-order valence-electron chi connectivity index (χ4n) is 1.00. The van der Waals surface area contributed by atoms with E-state index >= 15 is 0 Å². The van der Waals surface area contributed by atoms with Crippen LogP contribution in [0.5, 0.6) is 0 Å². The summed E-state index contributed by atoms with van der Waals surface area (Å²) in [4.78, 5) is 11.5. The first-order valence-electron chi connectivity index (χ1n) is 4.47. The summed E-state index contributed by atoms with van der Waals surface area (Å²) < 4.78 is 5.18. The zero-order chi connectivity index (χ0) is 10.8. The van der Waals surface area contributed by atoms with Gasteiger partial charge in [0.1, 0.15) is 13.4 Å². The lowest BCUT2D eigenvalue weighted by Gasteiger charge is -2.19. The van der Waals surface area contributed by atoms with Crippen LogP contribution in [0.15, 0.2) is 24.3 Å². The van der Waals surface area contributed by atoms with Crippen molar-refractivity contribution in [2.24, 2.45) is 0 Å². The van der Waals surface area contributed by atoms with Crippen molar-refractivity contribution in [1.29, 1.82) is 0 Å². The first-order chi connectivity index (χ1) is 6.38. The van der Waals surface area contributed by atoms with Gasteiger partial charge in [-0.15, -0.1) is 0 Å². The van der Waals surface area contributed by atoms with Crippen molar-refractivity contribution in [2.45, 2.75) is 26.4 Å². The van der Waals surface area contributed by atoms with Gasteiger partial charge < -0.3 is 15.7 Å². The van der Waals surface area contributed by atoms with Crippen LogP contribution in [0.1, 0.15) is 31.1 Å². The van der Waals surface area contributed by atoms with Gasteiger partial charge in [-0.2, -0.15) is 0 Å². The van der Waals surface area contributed by atoms with E-state index in [4.69, 9.17) is 12.6 Å². The summed E-state index contributed by atoms with van der Waals surface area (Å²) in [6.45, 7) is 5.49. The van der Waals surface area contributed by atoms with Crippen molar-refractivity contribution in [2.75, 3.05) is 0 Å². The zero-order valence-electron chi connectivity index (χ0n) is 9.70. The van der Waals surface area contributed by atoms with Crippen molar-refractivity contribution in [3.8, 4) is 0 Å². The molecular formula is C11H17BO4. The highest BCUT2D eigenvalue weighted by atomic mass is 16.6. The SMILES string of the molecule is O.O.[B]c1cccc(C(=O)OC(C)(C)C)c1. The molecule has 0 aliphatic heterocycles. The normalized spacial score (nSPS) is 9.69. The van der Waals surface area contributed by atoms with E-state index in [2.05, 4.69) is 0 Å². The van der Waals surface area contributed by atoms with E-state index in [1.54, 1.807) is 24.3 Å². The Balaban J connectivity index is 0. The second kappa shape index (κ2) is 6.30. The van der Waals surface area contributed by atoms with Gasteiger partial charge >= 0.3 is 5.97 Å². The molecule has 0 fully saturated rings. The molecule has 4 nitrogen and oxygen atoms in total. The molecule has 1 rings (SSSR count). The van der Waals surface area contributed by atoms with Crippen LogP contribution in [-0.4, -0.2) is 30.4 Å². The van der Waals surface area contributed by atoms with Crippen LogP contribution >= 0.6 is 0 Å². The molecule has 5 heteroatoms. The molecule has 4 N–H and O–H groups in total. The van der Waals surface area contributed by atoms with Gasteiger partial charge in [0.05, 0.1) is 5.56 Å². The molecule has 0 unspecified atom stereocenters. The van der Waals surface area contributed by atoms with E-state index in [0.717, 1.165) is 0 Å². The van der Waals surface area contributed by atoms with Gasteiger partial charge in [0.15, 0.2) is 0 Å². The zero-order valence-corrected chi connectivity index (χ0v) is 9.70. The minimum atomic E-state index is -0.471. The summed E-state index contributed by atoms with van der Waals surface area (Å²) >= 11 is 0. The van der Waals surface area contributed by atoms with Gasteiger partial charge in [-0.3, -0.25) is 0 Å². The first-order valence-corrected chi connectivity index (χ1v) is 4.47. The molecule has 1 aromatic rings. The van der Waals surface area contributed by atoms with Gasteiger partial charge in [-0.1, -0.05) is 23.7 Å². The molecule has 1 aromatic carbocycles. The molecule has 0 spiro atoms. The van der Waals surface area contributed by atoms with Crippen LogP contribution in [0.2, 0.25) is 0 Å². The molecule has 0 saturated heterocycles. The van der Waals surface area contributed by atoms with Gasteiger partial charge in [0.25, 0.3) is 0 Å². The summed E-state index contributed by atoms with van der Waals surface area (Å²) in [5.41, 5.74) is 0.579. The Morgan fingerprint density at radius 3 is 2.25 bits per heavy atom. The predicted octanol–water partition coefficient (Wildman–Crippen LogP) is -0.214. The van der Waals surface area contributed by atoms with Crippen molar-refractivity contribution < 1.29 is 20.5 Å². The Kier molecular flexibility index (Phi) is 6.73. The number of hydrogen-bond acceptors (Lipinski definition) is 2. The van der Waals surface area contributed by atoms with E-state index in [1.807, 2.05) is 20.8 Å². The van der Waals surface area contributed by atoms with Crippen LogP contribution in [0.4, 0.5) is 0 Å². The number of carbonyl (C=O) groups is 1. The highest BCUT2D eigenvalue weighted by Crippen LogP contribution is 2.10. The molecule has 0 bridgehead atoms. The van der Waals surface area contributed by atoms with Gasteiger partial charge in [0.2, 0.25) is 0 Å². The maximum atomic E-state index is 11.5. The van der Waals surface area contributed by atoms with Crippen molar-refractivity contribution in [1.82, 2.24) is 0 Å². The Bertz CT molecular complexity index is 344. The Morgan fingerprint density at radius 2 is 1.81 bits per heavy atom. The summed E-state index contributed by atoms with van der Waals surface area (Å²) in [6.07, 6.45) is 0. The van der Waals surface area contributed by atoms with Crippen LogP contribution in [0, 0.1) is 0 Å². The minimum absolute atomic E-state index is 0. The van der Waals surface area contributed by atoms with Crippen LogP contribution in [0.3, 0.4) is 0 Å². The van der Waals surface area contributed by atoms with Crippen molar-refractivity contribution in [3.05, 3.63) is 29.8 Å². The van der Waals surface area contributed by atoms with E-state index < -0.39 is 5.60 Å². The molecule has 0 aliphatic rings. The third-order valence-electron chi connectivity index (χ3n) is 1.52. The molecule has 16 heavy (non-hydrogen) atoms. The van der Waals surface area contributed by atoms with E-state index in [9.17, 15) is 4.79 Å². The molecule has 0 aromatic heterocycles. The largest absolute Gasteiger partial charge is 0.456 e. The number of hydrogen-bond donors (Lipinski definition) is 0. The average Bonchev–Trinajstić information content (AvgIpc) is 2.01. The van der Waals surface area contributed by atoms with Gasteiger partial charge in [0, 0.05) is 0 Å². The highest BCUT2D eigenvalue weighted by Gasteiger charge is 2.17. The Morgan fingerprint density at radius 1 is 1.25 bits per heavy atom. The van der Waals surface area contributed by atoms with Gasteiger partial charge in [-0.05, 0) is 26.8 Å². The molecule has 0 heterocycles. The van der Waals surface area contributed by atoms with E-state index in [1.165, 1.54) is 0 Å². The third-order valence-corrected chi connectivity index (χ3v) is 1.52. The second-order valence-electron chi connectivity index (χ2n) is 4.13. The van der Waals surface area contributed by atoms with Crippen LogP contribution in [0.25, 0.3) is 0 Å². The van der Waals surface area contributed by atoms with Crippen LogP contribution < -0.4 is 5.46 Å². The standard InChI is InChI=1S/C11H13BO2.2H2O/c1-11(2,3)14-10(13)8-5-4-6-9(12)7-8;;/h4-7H,1-3H3;2*1H2. The molecule has 0 saturated carbocycles. The number of carbonyl (C=O) groups excluding carboxylic acids is 1. The maximum absolute atomic E-state index is 11.5. The number of esters is 1. The number of rotatable bonds is 1. The van der Waals surface area contributed by atoms with Gasteiger partial charge in [-0.25, -0.2) is 4.79 Å². The summed E-state index contributed by atoms with van der Waals surface area (Å²) in [5, 5.41) is 0. The van der Waals surface area contributed by atoms with E-state index in [-0.39, 0.29) is 16.9 Å². The maximum Gasteiger partial charge on any atom is 0.338 e. The lowest BCUT2D eigenvalue weighted by Crippen LogP contribution is -2.24. The lowest BCUT2D eigenvalue weighted by molar-refractivity contribution is 0.00696. The van der Waals surface area contributed by atoms with Crippen molar-refractivity contribution in [3.63, 3.8) is 0 Å². The lowest BCUT2D eigenvalue weighted by atomic mass is 9.94. The summed E-state index contributed by atoms with van der Waals surface area (Å²) in [5.74, 6) is -0.343. The fourth-order valence-corrected chi connectivity index (χ4v) is 1.00. The highest BCUT2D eigenvalue weighted by molar-refractivity contribution is 6.32. The second-order valence-corrected chi connectivity index (χ2v) is 4.13. The molecule has 2 radical (unpaired) electrons. The molecular weight excluding hydrogens is 207 g/mol. The number of benzene rings is 1. The quantitative estimate of drug-likeness (QED) is 0.487.